The van der Waals surface area contributed by atoms with Crippen LogP contribution in [0.2, 0.25) is 0 Å². The summed E-state index contributed by atoms with van der Waals surface area (Å²) in [6, 6.07) is 0.264. The molecule has 0 aliphatic heterocycles. The number of nitrogens with zero attached hydrogens (tertiary/aromatic N) is 2. The number of carbonyl (C=O) groups is 1. The van der Waals surface area contributed by atoms with Crippen molar-refractivity contribution in [3.63, 3.8) is 0 Å². The molecule has 1 N–H and O–H groups in total. The molecule has 0 spiro atoms. The van der Waals surface area contributed by atoms with E-state index in [4.69, 9.17) is 4.74 Å². The van der Waals surface area contributed by atoms with Crippen LogP contribution in [-0.2, 0) is 0 Å². The van der Waals surface area contributed by atoms with Crippen LogP contribution in [0.5, 0.6) is 6.01 Å². The van der Waals surface area contributed by atoms with E-state index in [0.29, 0.717) is 11.1 Å². The fraction of sp³-hybridized carbons (Fsp3) is 0.222. The van der Waals surface area contributed by atoms with E-state index in [1.165, 1.54) is 14.0 Å². The van der Waals surface area contributed by atoms with Gasteiger partial charge in [-0.05, 0) is 6.92 Å². The second kappa shape index (κ2) is 3.10. The fourth-order valence-electron chi connectivity index (χ4n) is 1.26. The van der Waals surface area contributed by atoms with E-state index in [9.17, 15) is 4.79 Å². The molecule has 2 heterocycles. The van der Waals surface area contributed by atoms with Gasteiger partial charge in [0.15, 0.2) is 5.78 Å². The maximum atomic E-state index is 11.2. The van der Waals surface area contributed by atoms with E-state index in [-0.39, 0.29) is 11.8 Å². The van der Waals surface area contributed by atoms with Gasteiger partial charge in [-0.3, -0.25) is 4.79 Å². The summed E-state index contributed by atoms with van der Waals surface area (Å²) in [5.74, 6) is -0.0306. The summed E-state index contributed by atoms with van der Waals surface area (Å²) in [7, 11) is 1.49. The Hall–Kier alpha value is -1.91. The fourth-order valence-corrected chi connectivity index (χ4v) is 1.26. The molecule has 0 aromatic carbocycles. The van der Waals surface area contributed by atoms with Gasteiger partial charge in [-0.25, -0.2) is 4.98 Å². The molecule has 2 aromatic rings. The molecule has 0 saturated carbocycles. The zero-order chi connectivity index (χ0) is 10.1. The van der Waals surface area contributed by atoms with Crippen LogP contribution in [0.15, 0.2) is 12.4 Å². The Balaban J connectivity index is 2.69. The van der Waals surface area contributed by atoms with Crippen LogP contribution in [0.25, 0.3) is 11.0 Å². The molecule has 72 valence electrons. The summed E-state index contributed by atoms with van der Waals surface area (Å²) in [5.41, 5.74) is 1.89. The summed E-state index contributed by atoms with van der Waals surface area (Å²) < 4.78 is 4.88. The van der Waals surface area contributed by atoms with Crippen LogP contribution in [-0.4, -0.2) is 27.8 Å². The lowest BCUT2D eigenvalue weighted by atomic mass is 10.2. The Bertz CT molecular complexity index is 490. The molecule has 5 nitrogen and oxygen atoms in total. The van der Waals surface area contributed by atoms with Crippen molar-refractivity contribution in [2.45, 2.75) is 6.92 Å². The number of ether oxygens (including phenoxy) is 1. The highest BCUT2D eigenvalue weighted by Gasteiger charge is 2.10. The highest BCUT2D eigenvalue weighted by Crippen LogP contribution is 2.17. The maximum Gasteiger partial charge on any atom is 0.316 e. The first-order chi connectivity index (χ1) is 6.72. The van der Waals surface area contributed by atoms with Gasteiger partial charge in [0.05, 0.1) is 24.4 Å². The number of ketones is 1. The van der Waals surface area contributed by atoms with Crippen molar-refractivity contribution in [2.24, 2.45) is 0 Å². The van der Waals surface area contributed by atoms with Crippen LogP contribution in [0.3, 0.4) is 0 Å². The minimum Gasteiger partial charge on any atom is -0.467 e. The average molecular weight is 191 g/mol. The number of aromatic amines is 1. The van der Waals surface area contributed by atoms with Gasteiger partial charge in [-0.15, -0.1) is 0 Å². The molecular weight excluding hydrogens is 182 g/mol. The zero-order valence-corrected chi connectivity index (χ0v) is 7.87. The van der Waals surface area contributed by atoms with Crippen molar-refractivity contribution in [1.82, 2.24) is 15.0 Å². The number of hydrogen-bond donors (Lipinski definition) is 1. The second-order valence-electron chi connectivity index (χ2n) is 2.88. The summed E-state index contributed by atoms with van der Waals surface area (Å²) in [5, 5.41) is 0. The van der Waals surface area contributed by atoms with Crippen molar-refractivity contribution in [3.8, 4) is 6.01 Å². The first-order valence-corrected chi connectivity index (χ1v) is 4.11. The predicted molar refractivity (Wildman–Crippen MR) is 50.4 cm³/mol. The molecular formula is C9H9N3O2. The number of carbonyl (C=O) groups excluding carboxylic acids is 1. The van der Waals surface area contributed by atoms with Gasteiger partial charge in [-0.1, -0.05) is 0 Å². The number of rotatable bonds is 2. The molecule has 2 rings (SSSR count). The number of Topliss-reactive ketones (excluding diaryl/α,β-unsaturated/α-hetero) is 1. The van der Waals surface area contributed by atoms with Crippen molar-refractivity contribution < 1.29 is 9.53 Å². The Labute approximate surface area is 80.1 Å². The Morgan fingerprint density at radius 1 is 1.57 bits per heavy atom. The molecule has 0 amide bonds. The molecule has 0 saturated heterocycles. The normalized spacial score (nSPS) is 10.4. The summed E-state index contributed by atoms with van der Waals surface area (Å²) >= 11 is 0. The SMILES string of the molecule is COc1ncc2[nH]cc(C(C)=O)c2n1. The average Bonchev–Trinajstić information content (AvgIpc) is 2.59. The maximum absolute atomic E-state index is 11.2. The van der Waals surface area contributed by atoms with Crippen LogP contribution < -0.4 is 4.74 Å². The lowest BCUT2D eigenvalue weighted by molar-refractivity contribution is 0.101. The Kier molecular flexibility index (Phi) is 1.92. The van der Waals surface area contributed by atoms with Crippen LogP contribution in [0, 0.1) is 0 Å². The first-order valence-electron chi connectivity index (χ1n) is 4.11. The first kappa shape index (κ1) is 8.68. The zero-order valence-electron chi connectivity index (χ0n) is 7.87. The number of methoxy groups -OCH3 is 1. The van der Waals surface area contributed by atoms with Gasteiger partial charge >= 0.3 is 6.01 Å². The van der Waals surface area contributed by atoms with Gasteiger partial charge in [0.1, 0.15) is 5.52 Å². The van der Waals surface area contributed by atoms with E-state index in [1.807, 2.05) is 0 Å². The lowest BCUT2D eigenvalue weighted by Gasteiger charge is -1.96. The third-order valence-corrected chi connectivity index (χ3v) is 1.96. The number of hydrogen-bond acceptors (Lipinski definition) is 4. The van der Waals surface area contributed by atoms with E-state index < -0.39 is 0 Å². The van der Waals surface area contributed by atoms with Crippen molar-refractivity contribution in [3.05, 3.63) is 18.0 Å². The minimum absolute atomic E-state index is 0.0306. The molecule has 0 aliphatic rings. The third-order valence-electron chi connectivity index (χ3n) is 1.96. The second-order valence-corrected chi connectivity index (χ2v) is 2.88. The highest BCUT2D eigenvalue weighted by atomic mass is 16.5. The summed E-state index contributed by atoms with van der Waals surface area (Å²) in [4.78, 5) is 22.1. The number of fused-ring (bicyclic) bond motifs is 1. The number of nitrogens with one attached hydrogen (secondary N) is 1. The summed E-state index contributed by atoms with van der Waals surface area (Å²) in [6.45, 7) is 1.50. The van der Waals surface area contributed by atoms with Crippen LogP contribution >= 0.6 is 0 Å². The van der Waals surface area contributed by atoms with Crippen LogP contribution in [0.4, 0.5) is 0 Å². The van der Waals surface area contributed by atoms with Crippen molar-refractivity contribution in [2.75, 3.05) is 7.11 Å². The lowest BCUT2D eigenvalue weighted by Crippen LogP contribution is -1.94. The predicted octanol–water partition coefficient (Wildman–Crippen LogP) is 1.17. The molecule has 0 aliphatic carbocycles. The molecule has 5 heteroatoms. The smallest absolute Gasteiger partial charge is 0.316 e. The Morgan fingerprint density at radius 3 is 3.00 bits per heavy atom. The van der Waals surface area contributed by atoms with Gasteiger partial charge in [0, 0.05) is 6.20 Å². The highest BCUT2D eigenvalue weighted by molar-refractivity contribution is 6.04. The molecule has 2 aromatic heterocycles. The largest absolute Gasteiger partial charge is 0.467 e. The van der Waals surface area contributed by atoms with Gasteiger partial charge in [-0.2, -0.15) is 4.98 Å². The monoisotopic (exact) mass is 191 g/mol. The summed E-state index contributed by atoms with van der Waals surface area (Å²) in [6.07, 6.45) is 3.22. The molecule has 0 bridgehead atoms. The third kappa shape index (κ3) is 1.22. The van der Waals surface area contributed by atoms with Crippen molar-refractivity contribution in [1.29, 1.82) is 0 Å². The van der Waals surface area contributed by atoms with E-state index in [1.54, 1.807) is 12.4 Å². The van der Waals surface area contributed by atoms with Crippen molar-refractivity contribution >= 4 is 16.8 Å². The standard InChI is InChI=1S/C9H9N3O2/c1-5(13)6-3-10-7-4-11-9(14-2)12-8(6)7/h3-4,10H,1-2H3. The minimum atomic E-state index is -0.0306. The van der Waals surface area contributed by atoms with Crippen LogP contribution in [0.1, 0.15) is 17.3 Å². The number of aromatic nitrogens is 3. The topological polar surface area (TPSA) is 67.9 Å². The molecule has 0 atom stereocenters. The van der Waals surface area contributed by atoms with E-state index >= 15 is 0 Å². The van der Waals surface area contributed by atoms with Gasteiger partial charge in [0.2, 0.25) is 0 Å². The Morgan fingerprint density at radius 2 is 2.36 bits per heavy atom. The van der Waals surface area contributed by atoms with E-state index in [0.717, 1.165) is 5.52 Å². The molecule has 0 radical (unpaired) electrons. The molecule has 14 heavy (non-hydrogen) atoms. The quantitative estimate of drug-likeness (QED) is 0.723. The molecule has 0 unspecified atom stereocenters. The van der Waals surface area contributed by atoms with E-state index in [2.05, 4.69) is 15.0 Å². The van der Waals surface area contributed by atoms with Gasteiger partial charge in [0.25, 0.3) is 0 Å². The number of H-pyrrole nitrogens is 1. The van der Waals surface area contributed by atoms with Gasteiger partial charge < -0.3 is 9.72 Å². The molecule has 0 fully saturated rings.